The average molecular weight is 433 g/mol. The lowest BCUT2D eigenvalue weighted by Crippen LogP contribution is -2.47. The minimum absolute atomic E-state index is 0.149. The summed E-state index contributed by atoms with van der Waals surface area (Å²) >= 11 is 12.0. The lowest BCUT2D eigenvalue weighted by molar-refractivity contribution is -0.140. The van der Waals surface area contributed by atoms with E-state index in [1.807, 2.05) is 30.3 Å². The average Bonchev–Trinajstić information content (AvgIpc) is 2.75. The topological polar surface area (TPSA) is 49.4 Å². The first kappa shape index (κ1) is 21.7. The van der Waals surface area contributed by atoms with Crippen LogP contribution in [0.15, 0.2) is 54.6 Å². The first-order valence-corrected chi connectivity index (χ1v) is 10.9. The van der Waals surface area contributed by atoms with Crippen LogP contribution in [0.3, 0.4) is 0 Å². The fourth-order valence-corrected chi connectivity index (χ4v) is 4.10. The SMILES string of the molecule is O=C(NC1CCCCC1)[C@H](c1ccc(Cl)cc1)N(Cc1ccccc1)C(=O)CCl. The Hall–Kier alpha value is -2.04. The Balaban J connectivity index is 1.92. The van der Waals surface area contributed by atoms with Gasteiger partial charge < -0.3 is 10.2 Å². The molecule has 0 radical (unpaired) electrons. The number of carbonyl (C=O) groups is 2. The molecule has 0 heterocycles. The molecule has 1 aliphatic carbocycles. The van der Waals surface area contributed by atoms with Gasteiger partial charge in [0.1, 0.15) is 11.9 Å². The number of nitrogens with zero attached hydrogens (tertiary/aromatic N) is 1. The van der Waals surface area contributed by atoms with Gasteiger partial charge in [-0.05, 0) is 36.1 Å². The molecule has 154 valence electrons. The number of carbonyl (C=O) groups excluding carboxylic acids is 2. The second-order valence-electron chi connectivity index (χ2n) is 7.44. The maximum atomic E-state index is 13.4. The molecule has 1 aliphatic rings. The Labute approximate surface area is 182 Å². The van der Waals surface area contributed by atoms with Crippen molar-refractivity contribution in [3.05, 3.63) is 70.7 Å². The van der Waals surface area contributed by atoms with Crippen molar-refractivity contribution in [3.63, 3.8) is 0 Å². The molecule has 1 N–H and O–H groups in total. The van der Waals surface area contributed by atoms with E-state index in [2.05, 4.69) is 5.32 Å². The summed E-state index contributed by atoms with van der Waals surface area (Å²) in [4.78, 5) is 27.7. The van der Waals surface area contributed by atoms with Gasteiger partial charge in [-0.1, -0.05) is 73.3 Å². The maximum Gasteiger partial charge on any atom is 0.247 e. The van der Waals surface area contributed by atoms with Crippen LogP contribution in [-0.4, -0.2) is 28.6 Å². The van der Waals surface area contributed by atoms with Crippen molar-refractivity contribution >= 4 is 35.0 Å². The Morgan fingerprint density at radius 1 is 1.00 bits per heavy atom. The highest BCUT2D eigenvalue weighted by Crippen LogP contribution is 2.27. The van der Waals surface area contributed by atoms with Crippen molar-refractivity contribution < 1.29 is 9.59 Å². The van der Waals surface area contributed by atoms with E-state index in [-0.39, 0.29) is 23.7 Å². The van der Waals surface area contributed by atoms with Crippen LogP contribution in [0, 0.1) is 0 Å². The first-order valence-electron chi connectivity index (χ1n) is 10.0. The van der Waals surface area contributed by atoms with Crippen molar-refractivity contribution in [2.24, 2.45) is 0 Å². The van der Waals surface area contributed by atoms with Crippen molar-refractivity contribution in [2.45, 2.75) is 50.7 Å². The summed E-state index contributed by atoms with van der Waals surface area (Å²) in [6.07, 6.45) is 5.38. The fraction of sp³-hybridized carbons (Fsp3) is 0.391. The molecule has 1 saturated carbocycles. The molecule has 4 nitrogen and oxygen atoms in total. The van der Waals surface area contributed by atoms with E-state index in [1.165, 1.54) is 6.42 Å². The largest absolute Gasteiger partial charge is 0.351 e. The van der Waals surface area contributed by atoms with Gasteiger partial charge in [0.2, 0.25) is 11.8 Å². The molecular formula is C23H26Cl2N2O2. The van der Waals surface area contributed by atoms with Gasteiger partial charge in [-0.15, -0.1) is 11.6 Å². The molecule has 2 aromatic carbocycles. The second kappa shape index (κ2) is 10.7. The van der Waals surface area contributed by atoms with E-state index in [0.29, 0.717) is 11.6 Å². The molecule has 0 saturated heterocycles. The quantitative estimate of drug-likeness (QED) is 0.618. The molecule has 1 fully saturated rings. The van der Waals surface area contributed by atoms with Crippen LogP contribution in [0.4, 0.5) is 0 Å². The predicted molar refractivity (Wildman–Crippen MR) is 117 cm³/mol. The minimum Gasteiger partial charge on any atom is -0.351 e. The van der Waals surface area contributed by atoms with Crippen molar-refractivity contribution in [2.75, 3.05) is 5.88 Å². The number of halogens is 2. The van der Waals surface area contributed by atoms with Crippen LogP contribution in [0.5, 0.6) is 0 Å². The summed E-state index contributed by atoms with van der Waals surface area (Å²) in [5.74, 6) is -0.643. The number of hydrogen-bond acceptors (Lipinski definition) is 2. The second-order valence-corrected chi connectivity index (χ2v) is 8.14. The number of amides is 2. The monoisotopic (exact) mass is 432 g/mol. The van der Waals surface area contributed by atoms with Gasteiger partial charge >= 0.3 is 0 Å². The summed E-state index contributed by atoms with van der Waals surface area (Å²) in [6, 6.07) is 16.1. The number of alkyl halides is 1. The standard InChI is InChI=1S/C23H26Cl2N2O2/c24-15-21(28)27(16-17-7-3-1-4-8-17)22(18-11-13-19(25)14-12-18)23(29)26-20-9-5-2-6-10-20/h1,3-4,7-8,11-14,20,22H,2,5-6,9-10,15-16H2,(H,26,29)/t22-/m0/s1. The summed E-state index contributed by atoms with van der Waals surface area (Å²) < 4.78 is 0. The molecule has 29 heavy (non-hydrogen) atoms. The highest BCUT2D eigenvalue weighted by atomic mass is 35.5. The van der Waals surface area contributed by atoms with Crippen LogP contribution in [0.2, 0.25) is 5.02 Å². The van der Waals surface area contributed by atoms with Gasteiger partial charge in [0.25, 0.3) is 0 Å². The van der Waals surface area contributed by atoms with Gasteiger partial charge in [0, 0.05) is 17.6 Å². The molecule has 0 unspecified atom stereocenters. The summed E-state index contributed by atoms with van der Waals surface area (Å²) in [7, 11) is 0. The van der Waals surface area contributed by atoms with Crippen molar-refractivity contribution in [3.8, 4) is 0 Å². The molecule has 6 heteroatoms. The zero-order valence-corrected chi connectivity index (χ0v) is 17.8. The van der Waals surface area contributed by atoms with Gasteiger partial charge in [-0.25, -0.2) is 0 Å². The molecule has 1 atom stereocenters. The van der Waals surface area contributed by atoms with Crippen LogP contribution < -0.4 is 5.32 Å². The highest BCUT2D eigenvalue weighted by molar-refractivity contribution is 6.30. The smallest absolute Gasteiger partial charge is 0.247 e. The van der Waals surface area contributed by atoms with Crippen LogP contribution >= 0.6 is 23.2 Å². The Morgan fingerprint density at radius 2 is 1.66 bits per heavy atom. The highest BCUT2D eigenvalue weighted by Gasteiger charge is 2.32. The molecule has 0 aromatic heterocycles. The Morgan fingerprint density at radius 3 is 2.28 bits per heavy atom. The lowest BCUT2D eigenvalue weighted by Gasteiger charge is -2.33. The Kier molecular flexibility index (Phi) is 7.96. The van der Waals surface area contributed by atoms with E-state index in [0.717, 1.165) is 36.8 Å². The minimum atomic E-state index is -0.763. The normalized spacial score (nSPS) is 15.5. The number of rotatable bonds is 7. The molecular weight excluding hydrogens is 407 g/mol. The number of benzene rings is 2. The first-order chi connectivity index (χ1) is 14.1. The van der Waals surface area contributed by atoms with Gasteiger partial charge in [0.15, 0.2) is 0 Å². The summed E-state index contributed by atoms with van der Waals surface area (Å²) in [6.45, 7) is 0.303. The van der Waals surface area contributed by atoms with E-state index < -0.39 is 6.04 Å². The van der Waals surface area contributed by atoms with Crippen LogP contribution in [-0.2, 0) is 16.1 Å². The predicted octanol–water partition coefficient (Wildman–Crippen LogP) is 5.10. The van der Waals surface area contributed by atoms with Crippen molar-refractivity contribution in [1.29, 1.82) is 0 Å². The third kappa shape index (κ3) is 5.97. The summed E-state index contributed by atoms with van der Waals surface area (Å²) in [5.41, 5.74) is 1.66. The third-order valence-corrected chi connectivity index (χ3v) is 5.81. The lowest BCUT2D eigenvalue weighted by atomic mass is 9.94. The van der Waals surface area contributed by atoms with E-state index >= 15 is 0 Å². The molecule has 2 amide bonds. The fourth-order valence-electron chi connectivity index (χ4n) is 3.83. The van der Waals surface area contributed by atoms with E-state index in [1.54, 1.807) is 29.2 Å². The Bertz CT molecular complexity index is 805. The van der Waals surface area contributed by atoms with Crippen LogP contribution in [0.25, 0.3) is 0 Å². The van der Waals surface area contributed by atoms with Gasteiger partial charge in [0.05, 0.1) is 0 Å². The molecule has 0 aliphatic heterocycles. The summed E-state index contributed by atoms with van der Waals surface area (Å²) in [5, 5.41) is 3.75. The number of nitrogens with one attached hydrogen (secondary N) is 1. The van der Waals surface area contributed by atoms with E-state index in [9.17, 15) is 9.59 Å². The van der Waals surface area contributed by atoms with Gasteiger partial charge in [-0.3, -0.25) is 9.59 Å². The zero-order chi connectivity index (χ0) is 20.6. The number of hydrogen-bond donors (Lipinski definition) is 1. The van der Waals surface area contributed by atoms with Gasteiger partial charge in [-0.2, -0.15) is 0 Å². The van der Waals surface area contributed by atoms with Crippen molar-refractivity contribution in [1.82, 2.24) is 10.2 Å². The third-order valence-electron chi connectivity index (χ3n) is 5.33. The zero-order valence-electron chi connectivity index (χ0n) is 16.3. The maximum absolute atomic E-state index is 13.4. The molecule has 0 bridgehead atoms. The molecule has 3 rings (SSSR count). The van der Waals surface area contributed by atoms with E-state index in [4.69, 9.17) is 23.2 Å². The molecule has 0 spiro atoms. The molecule has 2 aromatic rings. The van der Waals surface area contributed by atoms with Crippen LogP contribution in [0.1, 0.15) is 49.3 Å².